The Morgan fingerprint density at radius 1 is 0.867 bits per heavy atom. The van der Waals surface area contributed by atoms with Crippen molar-refractivity contribution in [2.24, 2.45) is 0 Å². The van der Waals surface area contributed by atoms with Gasteiger partial charge >= 0.3 is 106 Å². The second-order valence-electron chi connectivity index (χ2n) is 4.89. The molecule has 0 fully saturated rings. The van der Waals surface area contributed by atoms with E-state index in [0.717, 1.165) is 12.8 Å². The number of unbranched alkanes of at least 4 members (excludes halogenated alkanes) is 3. The Morgan fingerprint density at radius 2 is 1.33 bits per heavy atom. The van der Waals surface area contributed by atoms with Gasteiger partial charge in [-0.2, -0.15) is 0 Å². The minimum atomic E-state index is -0.924. The van der Waals surface area contributed by atoms with Crippen molar-refractivity contribution in [3.05, 3.63) is 0 Å². The summed E-state index contributed by atoms with van der Waals surface area (Å²) in [5.41, 5.74) is 0. The molecule has 0 aliphatic heterocycles. The van der Waals surface area contributed by atoms with Crippen molar-refractivity contribution in [3.8, 4) is 0 Å². The first-order valence-corrected chi connectivity index (χ1v) is 11.8. The zero-order valence-corrected chi connectivity index (χ0v) is 15.1. The van der Waals surface area contributed by atoms with E-state index >= 15 is 0 Å². The fourth-order valence-electron chi connectivity index (χ4n) is 2.09. The Bertz CT molecular complexity index is 128. The fourth-order valence-corrected chi connectivity index (χ4v) is 8.96. The molecule has 0 saturated heterocycles. The summed E-state index contributed by atoms with van der Waals surface area (Å²) in [4.78, 5) is 0. The molecule has 0 aromatic heterocycles. The van der Waals surface area contributed by atoms with E-state index in [2.05, 4.69) is 20.8 Å². The standard InChI is InChI=1S/C9H19O.C4H9.Sn.2H/c1-3-5-7-9(10)8-6-4-2;1-3-4-2;;;/h10H,3-8H2,1-2H3;1,3-4H2,2H3;;;. The van der Waals surface area contributed by atoms with Crippen molar-refractivity contribution in [1.29, 1.82) is 0 Å². The van der Waals surface area contributed by atoms with Gasteiger partial charge in [0, 0.05) is 0 Å². The van der Waals surface area contributed by atoms with Crippen LogP contribution in [0.25, 0.3) is 0 Å². The van der Waals surface area contributed by atoms with Crippen LogP contribution < -0.4 is 0 Å². The van der Waals surface area contributed by atoms with Crippen LogP contribution in [-0.4, -0.2) is 29.9 Å². The summed E-state index contributed by atoms with van der Waals surface area (Å²) in [5, 5.41) is 10.6. The number of rotatable bonds is 10. The molecule has 0 aliphatic carbocycles. The third kappa shape index (κ3) is 8.55. The second-order valence-corrected chi connectivity index (χ2v) is 12.1. The summed E-state index contributed by atoms with van der Waals surface area (Å²) >= 11 is -0.924. The van der Waals surface area contributed by atoms with Gasteiger partial charge in [0.25, 0.3) is 0 Å². The number of hydrogen-bond acceptors (Lipinski definition) is 1. The maximum atomic E-state index is 10.6. The monoisotopic (exact) mass is 322 g/mol. The van der Waals surface area contributed by atoms with E-state index in [1.165, 1.54) is 43.0 Å². The first-order valence-electron chi connectivity index (χ1n) is 6.91. The maximum absolute atomic E-state index is 10.6. The molecule has 0 unspecified atom stereocenters. The fraction of sp³-hybridized carbons (Fsp3) is 1.00. The molecule has 2 heteroatoms. The molecule has 0 spiro atoms. The van der Waals surface area contributed by atoms with Crippen LogP contribution in [0.3, 0.4) is 0 Å². The van der Waals surface area contributed by atoms with E-state index in [1.54, 1.807) is 0 Å². The average molecular weight is 321 g/mol. The molecule has 0 aromatic rings. The van der Waals surface area contributed by atoms with Crippen molar-refractivity contribution >= 4 is 21.1 Å². The Morgan fingerprint density at radius 3 is 1.73 bits per heavy atom. The summed E-state index contributed by atoms with van der Waals surface area (Å²) in [6.45, 7) is 6.70. The molecule has 0 bridgehead atoms. The van der Waals surface area contributed by atoms with Crippen LogP contribution in [-0.2, 0) is 0 Å². The number of aliphatic hydroxyl groups is 1. The van der Waals surface area contributed by atoms with Crippen LogP contribution in [0.2, 0.25) is 4.44 Å². The molecule has 0 atom stereocenters. The Hall–Kier alpha value is 0.759. The molecule has 0 saturated carbocycles. The van der Waals surface area contributed by atoms with Crippen LogP contribution in [0.1, 0.15) is 72.1 Å². The molecule has 0 radical (unpaired) electrons. The third-order valence-electron chi connectivity index (χ3n) is 3.24. The van der Waals surface area contributed by atoms with Gasteiger partial charge in [0.05, 0.1) is 0 Å². The van der Waals surface area contributed by atoms with E-state index in [0.29, 0.717) is 0 Å². The van der Waals surface area contributed by atoms with Gasteiger partial charge in [-0.1, -0.05) is 0 Å². The van der Waals surface area contributed by atoms with Gasteiger partial charge in [-0.25, -0.2) is 0 Å². The minimum absolute atomic E-state index is 0.136. The van der Waals surface area contributed by atoms with E-state index < -0.39 is 21.1 Å². The zero-order valence-electron chi connectivity index (χ0n) is 11.0. The molecule has 0 aromatic carbocycles. The molecule has 1 nitrogen and oxygen atoms in total. The Labute approximate surface area is 106 Å². The van der Waals surface area contributed by atoms with Gasteiger partial charge in [-0.15, -0.1) is 0 Å². The van der Waals surface area contributed by atoms with Crippen LogP contribution in [0.5, 0.6) is 0 Å². The van der Waals surface area contributed by atoms with Crippen molar-refractivity contribution in [2.45, 2.75) is 80.2 Å². The van der Waals surface area contributed by atoms with Crippen molar-refractivity contribution in [1.82, 2.24) is 0 Å². The molecule has 0 heterocycles. The normalized spacial score (nSPS) is 12.8. The van der Waals surface area contributed by atoms with Gasteiger partial charge in [0.1, 0.15) is 0 Å². The van der Waals surface area contributed by atoms with Gasteiger partial charge in [0.15, 0.2) is 0 Å². The molecule has 15 heavy (non-hydrogen) atoms. The second kappa shape index (κ2) is 9.95. The molecular formula is C13H30OSn. The molecular weight excluding hydrogens is 291 g/mol. The molecule has 0 rings (SSSR count). The first kappa shape index (κ1) is 15.8. The topological polar surface area (TPSA) is 20.2 Å². The van der Waals surface area contributed by atoms with E-state index in [-0.39, 0.29) is 3.62 Å². The quantitative estimate of drug-likeness (QED) is 0.483. The van der Waals surface area contributed by atoms with E-state index in [1.807, 2.05) is 0 Å². The summed E-state index contributed by atoms with van der Waals surface area (Å²) in [7, 11) is 0. The Kier molecular flexibility index (Phi) is 10.5. The summed E-state index contributed by atoms with van der Waals surface area (Å²) in [6, 6.07) is 0. The molecule has 0 amide bonds. The van der Waals surface area contributed by atoms with Gasteiger partial charge < -0.3 is 0 Å². The SMILES string of the molecule is CCC[CH2][SnH2][C](O)(CCCC)CCCC. The van der Waals surface area contributed by atoms with Crippen LogP contribution in [0.4, 0.5) is 0 Å². The Balaban J connectivity index is 3.89. The molecule has 92 valence electrons. The van der Waals surface area contributed by atoms with E-state index in [4.69, 9.17) is 0 Å². The van der Waals surface area contributed by atoms with Crippen molar-refractivity contribution in [2.75, 3.05) is 0 Å². The summed E-state index contributed by atoms with van der Waals surface area (Å²) in [5.74, 6) is 0. The predicted octanol–water partition coefficient (Wildman–Crippen LogP) is 3.44. The zero-order chi connectivity index (χ0) is 11.6. The van der Waals surface area contributed by atoms with Crippen LogP contribution in [0, 0.1) is 0 Å². The van der Waals surface area contributed by atoms with E-state index in [9.17, 15) is 5.11 Å². The van der Waals surface area contributed by atoms with Crippen molar-refractivity contribution < 1.29 is 5.11 Å². The van der Waals surface area contributed by atoms with Crippen molar-refractivity contribution in [3.63, 3.8) is 0 Å². The third-order valence-corrected chi connectivity index (χ3v) is 10.3. The number of hydrogen-bond donors (Lipinski definition) is 1. The van der Waals surface area contributed by atoms with Gasteiger partial charge in [0.2, 0.25) is 0 Å². The van der Waals surface area contributed by atoms with Crippen LogP contribution >= 0.6 is 0 Å². The summed E-state index contributed by atoms with van der Waals surface area (Å²) in [6.07, 6.45) is 9.77. The summed E-state index contributed by atoms with van der Waals surface area (Å²) < 4.78 is 1.27. The predicted molar refractivity (Wildman–Crippen MR) is 72.3 cm³/mol. The van der Waals surface area contributed by atoms with Crippen LogP contribution in [0.15, 0.2) is 0 Å². The first-order chi connectivity index (χ1) is 7.18. The van der Waals surface area contributed by atoms with Gasteiger partial charge in [-0.05, 0) is 0 Å². The van der Waals surface area contributed by atoms with Gasteiger partial charge in [-0.3, -0.25) is 0 Å². The average Bonchev–Trinajstić information content (AvgIpc) is 2.24. The molecule has 1 N–H and O–H groups in total. The molecule has 0 aliphatic rings.